The first-order valence-electron chi connectivity index (χ1n) is 6.75. The summed E-state index contributed by atoms with van der Waals surface area (Å²) in [6, 6.07) is 12.5. The first-order valence-corrected chi connectivity index (χ1v) is 6.75. The highest BCUT2D eigenvalue weighted by molar-refractivity contribution is 5.64. The van der Waals surface area contributed by atoms with Gasteiger partial charge < -0.3 is 15.4 Å². The van der Waals surface area contributed by atoms with E-state index in [2.05, 4.69) is 11.0 Å². The van der Waals surface area contributed by atoms with Gasteiger partial charge in [0.05, 0.1) is 6.54 Å². The van der Waals surface area contributed by atoms with Crippen molar-refractivity contribution in [3.05, 3.63) is 53.8 Å². The highest BCUT2D eigenvalue weighted by atomic mass is 19.1. The Balaban J connectivity index is 1.61. The molecular weight excluding hydrogens is 255 g/mol. The molecule has 20 heavy (non-hydrogen) atoms. The Morgan fingerprint density at radius 3 is 2.90 bits per heavy atom. The molecule has 0 aliphatic carbocycles. The van der Waals surface area contributed by atoms with Crippen molar-refractivity contribution < 1.29 is 9.13 Å². The Morgan fingerprint density at radius 2 is 2.05 bits per heavy atom. The van der Waals surface area contributed by atoms with Gasteiger partial charge in [-0.3, -0.25) is 0 Å². The van der Waals surface area contributed by atoms with Gasteiger partial charge in [0.2, 0.25) is 0 Å². The van der Waals surface area contributed by atoms with E-state index < -0.39 is 0 Å². The number of nitrogen functional groups attached to an aromatic ring is 1. The van der Waals surface area contributed by atoms with Crippen LogP contribution in [0.3, 0.4) is 0 Å². The van der Waals surface area contributed by atoms with E-state index in [1.54, 1.807) is 18.2 Å². The number of halogens is 1. The second kappa shape index (κ2) is 5.41. The Hall–Kier alpha value is -2.23. The van der Waals surface area contributed by atoms with Gasteiger partial charge in [0, 0.05) is 17.9 Å². The number of nitrogens with zero attached hydrogens (tertiary/aromatic N) is 1. The Labute approximate surface area is 117 Å². The van der Waals surface area contributed by atoms with E-state index in [1.807, 2.05) is 12.1 Å². The zero-order valence-corrected chi connectivity index (χ0v) is 11.2. The summed E-state index contributed by atoms with van der Waals surface area (Å²) in [5, 5.41) is 0. The number of para-hydroxylation sites is 1. The molecule has 3 nitrogen and oxygen atoms in total. The number of nitrogens with two attached hydrogens (primary N) is 1. The molecule has 0 spiro atoms. The predicted molar refractivity (Wildman–Crippen MR) is 78.7 cm³/mol. The lowest BCUT2D eigenvalue weighted by Gasteiger charge is -2.20. The van der Waals surface area contributed by atoms with Crippen molar-refractivity contribution >= 4 is 11.4 Å². The number of ether oxygens (including phenoxy) is 1. The standard InChI is InChI=1S/C16H17FN2O/c17-14-3-1-2-4-16(14)20-10-9-19-8-7-12-5-6-13(18)11-15(12)19/h1-6,11H,7-10,18H2. The monoisotopic (exact) mass is 272 g/mol. The molecule has 1 aliphatic heterocycles. The van der Waals surface area contributed by atoms with Crippen LogP contribution in [0.4, 0.5) is 15.8 Å². The van der Waals surface area contributed by atoms with Crippen LogP contribution in [0.25, 0.3) is 0 Å². The molecule has 1 heterocycles. The summed E-state index contributed by atoms with van der Waals surface area (Å²) in [6.45, 7) is 2.14. The summed E-state index contributed by atoms with van der Waals surface area (Å²) in [7, 11) is 0. The molecule has 2 aromatic rings. The smallest absolute Gasteiger partial charge is 0.165 e. The zero-order chi connectivity index (χ0) is 13.9. The number of hydrogen-bond donors (Lipinski definition) is 1. The molecule has 4 heteroatoms. The number of fused-ring (bicyclic) bond motifs is 1. The molecule has 104 valence electrons. The first kappa shape index (κ1) is 12.8. The van der Waals surface area contributed by atoms with Crippen molar-refractivity contribution in [2.24, 2.45) is 0 Å². The van der Waals surface area contributed by atoms with Gasteiger partial charge in [-0.25, -0.2) is 4.39 Å². The van der Waals surface area contributed by atoms with E-state index in [4.69, 9.17) is 10.5 Å². The quantitative estimate of drug-likeness (QED) is 0.870. The van der Waals surface area contributed by atoms with E-state index >= 15 is 0 Å². The van der Waals surface area contributed by atoms with Crippen molar-refractivity contribution in [2.45, 2.75) is 6.42 Å². The second-order valence-corrected chi connectivity index (χ2v) is 4.90. The third-order valence-corrected chi connectivity index (χ3v) is 3.56. The molecular formula is C16H17FN2O. The summed E-state index contributed by atoms with van der Waals surface area (Å²) in [5.41, 5.74) is 9.07. The molecule has 0 bridgehead atoms. The average Bonchev–Trinajstić information content (AvgIpc) is 2.83. The van der Waals surface area contributed by atoms with E-state index in [-0.39, 0.29) is 5.82 Å². The SMILES string of the molecule is Nc1ccc2c(c1)N(CCOc1ccccc1F)CC2. The van der Waals surface area contributed by atoms with Gasteiger partial charge >= 0.3 is 0 Å². The third-order valence-electron chi connectivity index (χ3n) is 3.56. The molecule has 2 aromatic carbocycles. The predicted octanol–water partition coefficient (Wildman–Crippen LogP) is 2.85. The fourth-order valence-corrected chi connectivity index (χ4v) is 2.52. The topological polar surface area (TPSA) is 38.5 Å². The highest BCUT2D eigenvalue weighted by Crippen LogP contribution is 2.29. The van der Waals surface area contributed by atoms with Crippen LogP contribution in [0.15, 0.2) is 42.5 Å². The number of benzene rings is 2. The third kappa shape index (κ3) is 2.54. The number of hydrogen-bond acceptors (Lipinski definition) is 3. The van der Waals surface area contributed by atoms with Crippen molar-refractivity contribution in [1.82, 2.24) is 0 Å². The lowest BCUT2D eigenvalue weighted by atomic mass is 10.1. The molecule has 3 rings (SSSR count). The maximum Gasteiger partial charge on any atom is 0.165 e. The second-order valence-electron chi connectivity index (χ2n) is 4.90. The normalized spacial score (nSPS) is 13.3. The Morgan fingerprint density at radius 1 is 1.20 bits per heavy atom. The fraction of sp³-hybridized carbons (Fsp3) is 0.250. The maximum atomic E-state index is 13.4. The van der Waals surface area contributed by atoms with Crippen molar-refractivity contribution in [3.8, 4) is 5.75 Å². The van der Waals surface area contributed by atoms with Crippen LogP contribution >= 0.6 is 0 Å². The van der Waals surface area contributed by atoms with Crippen molar-refractivity contribution in [3.63, 3.8) is 0 Å². The zero-order valence-electron chi connectivity index (χ0n) is 11.2. The van der Waals surface area contributed by atoms with Crippen LogP contribution in [-0.2, 0) is 6.42 Å². The molecule has 0 radical (unpaired) electrons. The molecule has 0 atom stereocenters. The number of anilines is 2. The van der Waals surface area contributed by atoms with Crippen LogP contribution in [0.5, 0.6) is 5.75 Å². The average molecular weight is 272 g/mol. The molecule has 0 saturated heterocycles. The van der Waals surface area contributed by atoms with Crippen LogP contribution < -0.4 is 15.4 Å². The summed E-state index contributed by atoms with van der Waals surface area (Å²) in [4.78, 5) is 2.23. The largest absolute Gasteiger partial charge is 0.489 e. The minimum absolute atomic E-state index is 0.305. The van der Waals surface area contributed by atoms with Crippen molar-refractivity contribution in [1.29, 1.82) is 0 Å². The highest BCUT2D eigenvalue weighted by Gasteiger charge is 2.18. The van der Waals surface area contributed by atoms with Gasteiger partial charge in [0.25, 0.3) is 0 Å². The lowest BCUT2D eigenvalue weighted by molar-refractivity contribution is 0.308. The van der Waals surface area contributed by atoms with E-state index in [9.17, 15) is 4.39 Å². The van der Waals surface area contributed by atoms with Crippen LogP contribution in [0, 0.1) is 5.82 Å². The Bertz CT molecular complexity index is 615. The molecule has 2 N–H and O–H groups in total. The molecule has 0 amide bonds. The van der Waals surface area contributed by atoms with Gasteiger partial charge in [-0.15, -0.1) is 0 Å². The van der Waals surface area contributed by atoms with Gasteiger partial charge in [-0.2, -0.15) is 0 Å². The molecule has 0 fully saturated rings. The minimum atomic E-state index is -0.321. The molecule has 0 aromatic heterocycles. The van der Waals surface area contributed by atoms with Gasteiger partial charge in [-0.05, 0) is 36.2 Å². The van der Waals surface area contributed by atoms with Gasteiger partial charge in [0.15, 0.2) is 11.6 Å². The van der Waals surface area contributed by atoms with E-state index in [0.717, 1.165) is 25.2 Å². The van der Waals surface area contributed by atoms with Crippen LogP contribution in [0.1, 0.15) is 5.56 Å². The number of rotatable bonds is 4. The molecule has 0 unspecified atom stereocenters. The van der Waals surface area contributed by atoms with Crippen LogP contribution in [-0.4, -0.2) is 19.7 Å². The summed E-state index contributed by atoms with van der Waals surface area (Å²) >= 11 is 0. The molecule has 0 saturated carbocycles. The summed E-state index contributed by atoms with van der Waals surface area (Å²) < 4.78 is 18.9. The van der Waals surface area contributed by atoms with E-state index in [0.29, 0.717) is 12.4 Å². The van der Waals surface area contributed by atoms with E-state index in [1.165, 1.54) is 17.3 Å². The molecule has 1 aliphatic rings. The maximum absolute atomic E-state index is 13.4. The van der Waals surface area contributed by atoms with Crippen LogP contribution in [0.2, 0.25) is 0 Å². The van der Waals surface area contributed by atoms with Gasteiger partial charge in [0.1, 0.15) is 6.61 Å². The van der Waals surface area contributed by atoms with Crippen molar-refractivity contribution in [2.75, 3.05) is 30.3 Å². The summed E-state index contributed by atoms with van der Waals surface area (Å²) in [6.07, 6.45) is 1.02. The Kier molecular flexibility index (Phi) is 3.46. The minimum Gasteiger partial charge on any atom is -0.489 e. The van der Waals surface area contributed by atoms with Gasteiger partial charge in [-0.1, -0.05) is 18.2 Å². The lowest BCUT2D eigenvalue weighted by Crippen LogP contribution is -2.26. The fourth-order valence-electron chi connectivity index (χ4n) is 2.52. The first-order chi connectivity index (χ1) is 9.74. The summed E-state index contributed by atoms with van der Waals surface area (Å²) in [5.74, 6) is -0.0157.